The Labute approximate surface area is 309 Å². The number of anilines is 2. The molecule has 0 fully saturated rings. The molecule has 7 heteroatoms. The lowest BCUT2D eigenvalue weighted by Crippen LogP contribution is -2.26. The SMILES string of the molecule is CCCCCCCCN(CCCCCCCC)c1ccc(OC)c(C2=NC(n3nc(C)cc3C)=NC2=Cc2ccc(N(C)CCCC)cc2C)c1. The number of rotatable bonds is 22. The van der Waals surface area contributed by atoms with Crippen molar-refractivity contribution in [3.05, 3.63) is 76.2 Å². The molecule has 4 rings (SSSR count). The minimum atomic E-state index is 0.582. The first-order valence-corrected chi connectivity index (χ1v) is 20.0. The van der Waals surface area contributed by atoms with Gasteiger partial charge < -0.3 is 14.5 Å². The van der Waals surface area contributed by atoms with Crippen LogP contribution in [0.1, 0.15) is 139 Å². The van der Waals surface area contributed by atoms with Crippen molar-refractivity contribution >= 4 is 29.1 Å². The maximum atomic E-state index is 6.02. The van der Waals surface area contributed by atoms with Gasteiger partial charge in [0.2, 0.25) is 0 Å². The van der Waals surface area contributed by atoms with Gasteiger partial charge in [-0.25, -0.2) is 14.7 Å². The van der Waals surface area contributed by atoms with Crippen molar-refractivity contribution in [2.45, 2.75) is 131 Å². The number of benzene rings is 2. The van der Waals surface area contributed by atoms with Crippen molar-refractivity contribution in [1.82, 2.24) is 9.78 Å². The second-order valence-electron chi connectivity index (χ2n) is 14.5. The largest absolute Gasteiger partial charge is 0.496 e. The number of aliphatic imine (C=N–C) groups is 2. The molecule has 1 aromatic heterocycles. The number of hydrogen-bond acceptors (Lipinski definition) is 6. The highest BCUT2D eigenvalue weighted by Gasteiger charge is 2.25. The number of nitrogens with zero attached hydrogens (tertiary/aromatic N) is 6. The third-order valence-electron chi connectivity index (χ3n) is 10.1. The normalized spacial score (nSPS) is 13.5. The summed E-state index contributed by atoms with van der Waals surface area (Å²) in [5.74, 6) is 1.39. The third kappa shape index (κ3) is 11.6. The van der Waals surface area contributed by atoms with Crippen LogP contribution in [0.5, 0.6) is 5.75 Å². The van der Waals surface area contributed by atoms with Crippen LogP contribution >= 0.6 is 0 Å². The van der Waals surface area contributed by atoms with Crippen LogP contribution in [0.3, 0.4) is 0 Å². The Morgan fingerprint density at radius 2 is 1.31 bits per heavy atom. The average molecular weight is 695 g/mol. The van der Waals surface area contributed by atoms with Crippen LogP contribution in [0.25, 0.3) is 6.08 Å². The quantitative estimate of drug-likeness (QED) is 0.0982. The summed E-state index contributed by atoms with van der Waals surface area (Å²) in [6, 6.07) is 15.4. The van der Waals surface area contributed by atoms with Crippen molar-refractivity contribution in [3.8, 4) is 5.75 Å². The molecular formula is C44H66N6O. The molecule has 2 heterocycles. The fourth-order valence-electron chi connectivity index (χ4n) is 6.91. The van der Waals surface area contributed by atoms with Gasteiger partial charge in [-0.05, 0) is 93.6 Å². The zero-order valence-electron chi connectivity index (χ0n) is 33.2. The molecule has 0 aliphatic carbocycles. The summed E-state index contributed by atoms with van der Waals surface area (Å²) in [7, 11) is 3.93. The van der Waals surface area contributed by atoms with Crippen molar-refractivity contribution in [2.24, 2.45) is 9.98 Å². The molecule has 0 bridgehead atoms. The minimum Gasteiger partial charge on any atom is -0.496 e. The van der Waals surface area contributed by atoms with Crippen LogP contribution in [0.4, 0.5) is 11.4 Å². The van der Waals surface area contributed by atoms with E-state index >= 15 is 0 Å². The molecule has 1 aliphatic rings. The van der Waals surface area contributed by atoms with Crippen LogP contribution < -0.4 is 14.5 Å². The Bertz CT molecular complexity index is 1600. The maximum Gasteiger partial charge on any atom is 0.252 e. The number of hydrogen-bond donors (Lipinski definition) is 0. The van der Waals surface area contributed by atoms with E-state index in [1.165, 1.54) is 107 Å². The monoisotopic (exact) mass is 695 g/mol. The molecule has 0 saturated heterocycles. The molecule has 0 unspecified atom stereocenters. The van der Waals surface area contributed by atoms with E-state index in [0.29, 0.717) is 5.96 Å². The molecule has 0 radical (unpaired) electrons. The summed E-state index contributed by atoms with van der Waals surface area (Å²) >= 11 is 0. The molecular weight excluding hydrogens is 629 g/mol. The van der Waals surface area contributed by atoms with Crippen LogP contribution in [0.2, 0.25) is 0 Å². The molecule has 51 heavy (non-hydrogen) atoms. The second kappa shape index (κ2) is 20.8. The first-order chi connectivity index (χ1) is 24.8. The first kappa shape index (κ1) is 39.9. The van der Waals surface area contributed by atoms with E-state index in [9.17, 15) is 0 Å². The van der Waals surface area contributed by atoms with Crippen LogP contribution in [0, 0.1) is 20.8 Å². The predicted octanol–water partition coefficient (Wildman–Crippen LogP) is 11.3. The fraction of sp³-hybridized carbons (Fsp3) is 0.568. The Morgan fingerprint density at radius 3 is 1.90 bits per heavy atom. The zero-order chi connectivity index (χ0) is 36.6. The van der Waals surface area contributed by atoms with E-state index in [1.807, 2.05) is 11.6 Å². The molecule has 0 spiro atoms. The van der Waals surface area contributed by atoms with E-state index in [2.05, 4.69) is 100 Å². The Hall–Kier alpha value is -3.87. The molecule has 2 aromatic carbocycles. The van der Waals surface area contributed by atoms with E-state index in [0.717, 1.165) is 59.3 Å². The minimum absolute atomic E-state index is 0.582. The first-order valence-electron chi connectivity index (χ1n) is 20.0. The summed E-state index contributed by atoms with van der Waals surface area (Å²) in [5.41, 5.74) is 9.37. The number of aryl methyl sites for hydroxylation is 3. The molecule has 1 aliphatic heterocycles. The van der Waals surface area contributed by atoms with Gasteiger partial charge in [0.15, 0.2) is 0 Å². The third-order valence-corrected chi connectivity index (χ3v) is 10.1. The summed E-state index contributed by atoms with van der Waals surface area (Å²) in [4.78, 5) is 15.3. The Kier molecular flexibility index (Phi) is 16.3. The maximum absolute atomic E-state index is 6.02. The van der Waals surface area contributed by atoms with Gasteiger partial charge in [-0.2, -0.15) is 5.10 Å². The van der Waals surface area contributed by atoms with Crippen LogP contribution in [-0.4, -0.2) is 55.2 Å². The standard InChI is InChI=1S/C44H66N6O/c1-9-12-15-17-19-21-28-49(29-22-20-18-16-13-10-2)39-25-26-42(51-8)40(33-39)43-41(45-44(46-43)50-36(6)31-35(5)47-50)32-37-23-24-38(30-34(37)4)48(7)27-14-11-3/h23-26,30-33H,9-22,27-29H2,1-8H3. The number of unbranched alkanes of at least 4 members (excludes halogenated alkanes) is 11. The van der Waals surface area contributed by atoms with Gasteiger partial charge in [0.1, 0.15) is 11.5 Å². The molecule has 3 aromatic rings. The number of methoxy groups -OCH3 is 1. The van der Waals surface area contributed by atoms with E-state index in [-0.39, 0.29) is 0 Å². The summed E-state index contributed by atoms with van der Waals surface area (Å²) < 4.78 is 7.88. The summed E-state index contributed by atoms with van der Waals surface area (Å²) in [5, 5.41) is 4.75. The molecule has 0 saturated carbocycles. The molecule has 0 amide bonds. The van der Waals surface area contributed by atoms with E-state index in [4.69, 9.17) is 19.8 Å². The number of allylic oxidation sites excluding steroid dienone is 1. The molecule has 0 atom stereocenters. The molecule has 0 N–H and O–H groups in total. The van der Waals surface area contributed by atoms with Crippen LogP contribution in [0.15, 0.2) is 58.1 Å². The van der Waals surface area contributed by atoms with Gasteiger partial charge in [-0.15, -0.1) is 0 Å². The Balaban J connectivity index is 1.71. The average Bonchev–Trinajstić information content (AvgIpc) is 3.70. The highest BCUT2D eigenvalue weighted by molar-refractivity contribution is 6.24. The van der Waals surface area contributed by atoms with E-state index < -0.39 is 0 Å². The summed E-state index contributed by atoms with van der Waals surface area (Å²) in [6.45, 7) is 16.2. The van der Waals surface area contributed by atoms with Crippen molar-refractivity contribution < 1.29 is 4.74 Å². The van der Waals surface area contributed by atoms with Crippen molar-refractivity contribution in [2.75, 3.05) is 43.6 Å². The van der Waals surface area contributed by atoms with Gasteiger partial charge in [0, 0.05) is 49.3 Å². The lowest BCUT2D eigenvalue weighted by atomic mass is 10.0. The van der Waals surface area contributed by atoms with Crippen molar-refractivity contribution in [1.29, 1.82) is 0 Å². The lowest BCUT2D eigenvalue weighted by Gasteiger charge is -2.26. The van der Waals surface area contributed by atoms with Crippen molar-refractivity contribution in [3.63, 3.8) is 0 Å². The zero-order valence-corrected chi connectivity index (χ0v) is 33.2. The highest BCUT2D eigenvalue weighted by atomic mass is 16.5. The van der Waals surface area contributed by atoms with Gasteiger partial charge in [0.05, 0.1) is 18.5 Å². The summed E-state index contributed by atoms with van der Waals surface area (Å²) in [6.07, 6.45) is 20.1. The molecule has 7 nitrogen and oxygen atoms in total. The Morgan fingerprint density at radius 1 is 0.686 bits per heavy atom. The number of aromatic nitrogens is 2. The van der Waals surface area contributed by atoms with Gasteiger partial charge in [-0.3, -0.25) is 0 Å². The van der Waals surface area contributed by atoms with Gasteiger partial charge in [0.25, 0.3) is 5.96 Å². The topological polar surface area (TPSA) is 58.2 Å². The van der Waals surface area contributed by atoms with Crippen LogP contribution in [-0.2, 0) is 0 Å². The molecule has 278 valence electrons. The predicted molar refractivity (Wildman–Crippen MR) is 220 cm³/mol. The second-order valence-corrected chi connectivity index (χ2v) is 14.5. The highest BCUT2D eigenvalue weighted by Crippen LogP contribution is 2.32. The van der Waals surface area contributed by atoms with Gasteiger partial charge >= 0.3 is 0 Å². The fourth-order valence-corrected chi connectivity index (χ4v) is 6.91. The number of ether oxygens (including phenoxy) is 1. The van der Waals surface area contributed by atoms with Gasteiger partial charge in [-0.1, -0.05) is 97.5 Å². The van der Waals surface area contributed by atoms with E-state index in [1.54, 1.807) is 7.11 Å². The lowest BCUT2D eigenvalue weighted by molar-refractivity contribution is 0.414. The smallest absolute Gasteiger partial charge is 0.252 e.